The number of carbonyl (C=O) groups is 1. The summed E-state index contributed by atoms with van der Waals surface area (Å²) in [6, 6.07) is 13.2. The van der Waals surface area contributed by atoms with E-state index in [2.05, 4.69) is 10.6 Å². The molecule has 0 spiro atoms. The Bertz CT molecular complexity index is 639. The normalized spacial score (nSPS) is 10.3. The molecule has 0 saturated heterocycles. The van der Waals surface area contributed by atoms with E-state index in [0.29, 0.717) is 30.1 Å². The molecule has 2 aromatic rings. The van der Waals surface area contributed by atoms with Crippen LogP contribution in [-0.2, 0) is 4.74 Å². The zero-order chi connectivity index (χ0) is 15.9. The summed E-state index contributed by atoms with van der Waals surface area (Å²) in [6.45, 7) is 2.95. The molecule has 0 bridgehead atoms. The van der Waals surface area contributed by atoms with Gasteiger partial charge in [-0.1, -0.05) is 17.7 Å². The number of aryl methyl sites for hydroxylation is 1. The fourth-order valence-electron chi connectivity index (χ4n) is 2.01. The van der Waals surface area contributed by atoms with Gasteiger partial charge >= 0.3 is 0 Å². The fourth-order valence-corrected chi connectivity index (χ4v) is 2.01. The standard InChI is InChI=1S/C17H21N3O2/c1-12-3-6-14(7-4-12)20-16-8-5-13(18)11-15(16)17(21)19-9-10-22-2/h3-8,11,20H,9-10,18H2,1-2H3,(H,19,21). The van der Waals surface area contributed by atoms with E-state index in [9.17, 15) is 4.79 Å². The van der Waals surface area contributed by atoms with Crippen molar-refractivity contribution >= 4 is 23.0 Å². The van der Waals surface area contributed by atoms with Crippen molar-refractivity contribution in [1.29, 1.82) is 0 Å². The number of rotatable bonds is 6. The average Bonchev–Trinajstić information content (AvgIpc) is 2.51. The molecule has 2 rings (SSSR count). The minimum absolute atomic E-state index is 0.182. The lowest BCUT2D eigenvalue weighted by molar-refractivity contribution is 0.0938. The number of nitrogens with two attached hydrogens (primary N) is 1. The third-order valence-electron chi connectivity index (χ3n) is 3.21. The molecule has 5 heteroatoms. The molecule has 116 valence electrons. The summed E-state index contributed by atoms with van der Waals surface area (Å²) in [7, 11) is 1.59. The second kappa shape index (κ2) is 7.47. The first-order valence-corrected chi connectivity index (χ1v) is 7.10. The number of anilines is 3. The summed E-state index contributed by atoms with van der Waals surface area (Å²) in [6.07, 6.45) is 0. The van der Waals surface area contributed by atoms with E-state index in [4.69, 9.17) is 10.5 Å². The van der Waals surface area contributed by atoms with Crippen molar-refractivity contribution in [3.8, 4) is 0 Å². The number of nitrogen functional groups attached to an aromatic ring is 1. The van der Waals surface area contributed by atoms with E-state index in [1.165, 1.54) is 5.56 Å². The number of nitrogens with one attached hydrogen (secondary N) is 2. The first-order valence-electron chi connectivity index (χ1n) is 7.10. The molecule has 0 fully saturated rings. The lowest BCUT2D eigenvalue weighted by atomic mass is 10.1. The second-order valence-electron chi connectivity index (χ2n) is 5.04. The lowest BCUT2D eigenvalue weighted by Crippen LogP contribution is -2.27. The average molecular weight is 299 g/mol. The van der Waals surface area contributed by atoms with Gasteiger partial charge in [-0.2, -0.15) is 0 Å². The minimum atomic E-state index is -0.182. The molecule has 0 atom stereocenters. The molecule has 0 saturated carbocycles. The molecule has 0 unspecified atom stereocenters. The van der Waals surface area contributed by atoms with Crippen LogP contribution >= 0.6 is 0 Å². The third kappa shape index (κ3) is 4.23. The number of carbonyl (C=O) groups excluding carboxylic acids is 1. The third-order valence-corrected chi connectivity index (χ3v) is 3.21. The van der Waals surface area contributed by atoms with Crippen molar-refractivity contribution in [2.45, 2.75) is 6.92 Å². The summed E-state index contributed by atoms with van der Waals surface area (Å²) < 4.78 is 4.93. The summed E-state index contributed by atoms with van der Waals surface area (Å²) in [5.74, 6) is -0.182. The van der Waals surface area contributed by atoms with Crippen LogP contribution in [-0.4, -0.2) is 26.2 Å². The van der Waals surface area contributed by atoms with Crippen LogP contribution in [0.5, 0.6) is 0 Å². The van der Waals surface area contributed by atoms with Gasteiger partial charge in [-0.05, 0) is 37.3 Å². The molecular formula is C17H21N3O2. The van der Waals surface area contributed by atoms with Gasteiger partial charge in [0.25, 0.3) is 5.91 Å². The van der Waals surface area contributed by atoms with E-state index >= 15 is 0 Å². The number of benzene rings is 2. The highest BCUT2D eigenvalue weighted by Gasteiger charge is 2.12. The highest BCUT2D eigenvalue weighted by atomic mass is 16.5. The van der Waals surface area contributed by atoms with Crippen molar-refractivity contribution in [2.24, 2.45) is 0 Å². The Hall–Kier alpha value is -2.53. The van der Waals surface area contributed by atoms with Gasteiger partial charge in [0.15, 0.2) is 0 Å². The molecule has 0 radical (unpaired) electrons. The second-order valence-corrected chi connectivity index (χ2v) is 5.04. The van der Waals surface area contributed by atoms with E-state index in [1.807, 2.05) is 31.2 Å². The Morgan fingerprint density at radius 1 is 1.18 bits per heavy atom. The van der Waals surface area contributed by atoms with Gasteiger partial charge in [0, 0.05) is 25.0 Å². The smallest absolute Gasteiger partial charge is 0.253 e. The van der Waals surface area contributed by atoms with Gasteiger partial charge in [-0.25, -0.2) is 0 Å². The molecule has 22 heavy (non-hydrogen) atoms. The summed E-state index contributed by atoms with van der Waals surface area (Å²) in [5, 5.41) is 6.05. The molecule has 0 aliphatic carbocycles. The topological polar surface area (TPSA) is 76.4 Å². The fraction of sp³-hybridized carbons (Fsp3) is 0.235. The van der Waals surface area contributed by atoms with Crippen molar-refractivity contribution in [3.63, 3.8) is 0 Å². The number of ether oxygens (including phenoxy) is 1. The zero-order valence-corrected chi connectivity index (χ0v) is 12.8. The highest BCUT2D eigenvalue weighted by molar-refractivity contribution is 6.01. The predicted molar refractivity (Wildman–Crippen MR) is 89.5 cm³/mol. The SMILES string of the molecule is COCCNC(=O)c1cc(N)ccc1Nc1ccc(C)cc1. The van der Waals surface area contributed by atoms with E-state index in [-0.39, 0.29) is 5.91 Å². The molecule has 0 aliphatic rings. The van der Waals surface area contributed by atoms with Crippen LogP contribution in [0.4, 0.5) is 17.1 Å². The molecule has 0 aromatic heterocycles. The van der Waals surface area contributed by atoms with Crippen molar-refractivity contribution in [3.05, 3.63) is 53.6 Å². The van der Waals surface area contributed by atoms with E-state index in [1.54, 1.807) is 25.3 Å². The van der Waals surface area contributed by atoms with Gasteiger partial charge in [0.2, 0.25) is 0 Å². The van der Waals surface area contributed by atoms with Crippen LogP contribution < -0.4 is 16.4 Å². The number of amides is 1. The predicted octanol–water partition coefficient (Wildman–Crippen LogP) is 2.70. The Morgan fingerprint density at radius 3 is 2.59 bits per heavy atom. The van der Waals surface area contributed by atoms with Gasteiger partial charge in [-0.3, -0.25) is 4.79 Å². The lowest BCUT2D eigenvalue weighted by Gasteiger charge is -2.13. The maximum absolute atomic E-state index is 12.3. The first kappa shape index (κ1) is 15.9. The number of hydrogen-bond donors (Lipinski definition) is 3. The Balaban J connectivity index is 2.19. The molecular weight excluding hydrogens is 278 g/mol. The zero-order valence-electron chi connectivity index (χ0n) is 12.8. The van der Waals surface area contributed by atoms with Crippen LogP contribution in [0.15, 0.2) is 42.5 Å². The summed E-state index contributed by atoms with van der Waals surface area (Å²) in [5.41, 5.74) is 9.67. The van der Waals surface area contributed by atoms with Crippen LogP contribution in [0.2, 0.25) is 0 Å². The summed E-state index contributed by atoms with van der Waals surface area (Å²) >= 11 is 0. The maximum Gasteiger partial charge on any atom is 0.253 e. The van der Waals surface area contributed by atoms with Gasteiger partial charge in [0.1, 0.15) is 0 Å². The van der Waals surface area contributed by atoms with Gasteiger partial charge in [-0.15, -0.1) is 0 Å². The Labute approximate surface area is 130 Å². The maximum atomic E-state index is 12.3. The largest absolute Gasteiger partial charge is 0.399 e. The van der Waals surface area contributed by atoms with E-state index in [0.717, 1.165) is 5.69 Å². The van der Waals surface area contributed by atoms with Crippen LogP contribution in [0, 0.1) is 6.92 Å². The Morgan fingerprint density at radius 2 is 1.91 bits per heavy atom. The van der Waals surface area contributed by atoms with E-state index < -0.39 is 0 Å². The van der Waals surface area contributed by atoms with Crippen LogP contribution in [0.3, 0.4) is 0 Å². The Kier molecular flexibility index (Phi) is 5.38. The quantitative estimate of drug-likeness (QED) is 0.566. The van der Waals surface area contributed by atoms with Crippen LogP contribution in [0.1, 0.15) is 15.9 Å². The molecule has 0 heterocycles. The number of hydrogen-bond acceptors (Lipinski definition) is 4. The molecule has 4 N–H and O–H groups in total. The van der Waals surface area contributed by atoms with Crippen molar-refractivity contribution in [1.82, 2.24) is 5.32 Å². The van der Waals surface area contributed by atoms with Gasteiger partial charge in [0.05, 0.1) is 17.9 Å². The highest BCUT2D eigenvalue weighted by Crippen LogP contribution is 2.23. The number of methoxy groups -OCH3 is 1. The first-order chi connectivity index (χ1) is 10.6. The summed E-state index contributed by atoms with van der Waals surface area (Å²) in [4.78, 5) is 12.3. The monoisotopic (exact) mass is 299 g/mol. The van der Waals surface area contributed by atoms with Crippen LogP contribution in [0.25, 0.3) is 0 Å². The van der Waals surface area contributed by atoms with Crippen molar-refractivity contribution < 1.29 is 9.53 Å². The van der Waals surface area contributed by atoms with Gasteiger partial charge < -0.3 is 21.1 Å². The molecule has 2 aromatic carbocycles. The molecule has 0 aliphatic heterocycles. The minimum Gasteiger partial charge on any atom is -0.399 e. The van der Waals surface area contributed by atoms with Crippen molar-refractivity contribution in [2.75, 3.05) is 31.3 Å². The molecule has 1 amide bonds. The molecule has 5 nitrogen and oxygen atoms in total.